The maximum atomic E-state index is 13.1. The zero-order valence-corrected chi connectivity index (χ0v) is 10.4. The Balaban J connectivity index is 1.78. The van der Waals surface area contributed by atoms with Crippen LogP contribution < -0.4 is 5.32 Å². The Hall–Kier alpha value is -2.10. The van der Waals surface area contributed by atoms with Crippen molar-refractivity contribution in [1.29, 1.82) is 0 Å². The second kappa shape index (κ2) is 4.88. The topological polar surface area (TPSA) is 42.2 Å². The Kier molecular flexibility index (Phi) is 3.07. The molecule has 0 fully saturated rings. The van der Waals surface area contributed by atoms with Gasteiger partial charge in [-0.3, -0.25) is 4.79 Å². The largest absolute Gasteiger partial charge is 0.469 e. The van der Waals surface area contributed by atoms with Crippen LogP contribution in [0, 0.1) is 5.82 Å². The SMILES string of the molecule is O=C(NC1CCCc2occc21)c1cccc(F)c1. The molecule has 0 spiro atoms. The molecule has 1 heterocycles. The van der Waals surface area contributed by atoms with Gasteiger partial charge in [-0.1, -0.05) is 6.07 Å². The first-order chi connectivity index (χ1) is 9.24. The van der Waals surface area contributed by atoms with Crippen LogP contribution in [0.15, 0.2) is 41.0 Å². The Morgan fingerprint density at radius 3 is 3.11 bits per heavy atom. The highest BCUT2D eigenvalue weighted by molar-refractivity contribution is 5.94. The van der Waals surface area contributed by atoms with Crippen molar-refractivity contribution >= 4 is 5.91 Å². The maximum Gasteiger partial charge on any atom is 0.251 e. The van der Waals surface area contributed by atoms with Crippen molar-refractivity contribution < 1.29 is 13.6 Å². The highest BCUT2D eigenvalue weighted by Gasteiger charge is 2.24. The fourth-order valence-electron chi connectivity index (χ4n) is 2.51. The van der Waals surface area contributed by atoms with Crippen LogP contribution in [0.5, 0.6) is 0 Å². The van der Waals surface area contributed by atoms with Gasteiger partial charge in [0.2, 0.25) is 0 Å². The number of hydrogen-bond acceptors (Lipinski definition) is 2. The Morgan fingerprint density at radius 2 is 2.26 bits per heavy atom. The second-order valence-corrected chi connectivity index (χ2v) is 4.73. The van der Waals surface area contributed by atoms with Gasteiger partial charge < -0.3 is 9.73 Å². The molecule has 98 valence electrons. The van der Waals surface area contributed by atoms with E-state index in [1.807, 2.05) is 6.07 Å². The minimum absolute atomic E-state index is 0.0433. The van der Waals surface area contributed by atoms with E-state index < -0.39 is 5.82 Å². The van der Waals surface area contributed by atoms with Gasteiger partial charge in [-0.05, 0) is 37.1 Å². The zero-order chi connectivity index (χ0) is 13.2. The predicted octanol–water partition coefficient (Wildman–Crippen LogP) is 3.23. The molecule has 1 aliphatic carbocycles. The molecule has 0 saturated heterocycles. The second-order valence-electron chi connectivity index (χ2n) is 4.73. The molecule has 1 N–H and O–H groups in total. The molecule has 0 saturated carbocycles. The predicted molar refractivity (Wildman–Crippen MR) is 68.3 cm³/mol. The number of fused-ring (bicyclic) bond motifs is 1. The number of carbonyl (C=O) groups excluding carboxylic acids is 1. The average molecular weight is 259 g/mol. The summed E-state index contributed by atoms with van der Waals surface area (Å²) in [6, 6.07) is 7.56. The zero-order valence-electron chi connectivity index (χ0n) is 10.4. The number of furan rings is 1. The molecular weight excluding hydrogens is 245 g/mol. The lowest BCUT2D eigenvalue weighted by atomic mass is 9.93. The van der Waals surface area contributed by atoms with E-state index in [1.165, 1.54) is 18.2 Å². The highest BCUT2D eigenvalue weighted by Crippen LogP contribution is 2.30. The average Bonchev–Trinajstić information content (AvgIpc) is 2.88. The van der Waals surface area contributed by atoms with Gasteiger partial charge in [0.15, 0.2) is 0 Å². The molecule has 19 heavy (non-hydrogen) atoms. The number of nitrogens with one attached hydrogen (secondary N) is 1. The van der Waals surface area contributed by atoms with Crippen LogP contribution in [0.3, 0.4) is 0 Å². The highest BCUT2D eigenvalue weighted by atomic mass is 19.1. The van der Waals surface area contributed by atoms with Crippen molar-refractivity contribution in [3.05, 3.63) is 59.3 Å². The number of benzene rings is 1. The Labute approximate surface area is 110 Å². The maximum absolute atomic E-state index is 13.1. The van der Waals surface area contributed by atoms with Crippen LogP contribution >= 0.6 is 0 Å². The molecule has 0 aliphatic heterocycles. The smallest absolute Gasteiger partial charge is 0.251 e. The number of aryl methyl sites for hydroxylation is 1. The summed E-state index contributed by atoms with van der Waals surface area (Å²) >= 11 is 0. The van der Waals surface area contributed by atoms with Crippen LogP contribution in [0.2, 0.25) is 0 Å². The molecule has 3 nitrogen and oxygen atoms in total. The standard InChI is InChI=1S/C15H14FNO2/c16-11-4-1-3-10(9-11)15(18)17-13-5-2-6-14-12(13)7-8-19-14/h1,3-4,7-9,13H,2,5-6H2,(H,17,18). The van der Waals surface area contributed by atoms with E-state index in [0.29, 0.717) is 5.56 Å². The molecule has 0 bridgehead atoms. The van der Waals surface area contributed by atoms with Crippen molar-refractivity contribution in [3.8, 4) is 0 Å². The van der Waals surface area contributed by atoms with Gasteiger partial charge in [0.1, 0.15) is 11.6 Å². The van der Waals surface area contributed by atoms with E-state index in [-0.39, 0.29) is 11.9 Å². The molecule has 3 rings (SSSR count). The van der Waals surface area contributed by atoms with Gasteiger partial charge in [-0.25, -0.2) is 4.39 Å². The van der Waals surface area contributed by atoms with Crippen molar-refractivity contribution in [2.75, 3.05) is 0 Å². The monoisotopic (exact) mass is 259 g/mol. The molecule has 1 aromatic heterocycles. The molecule has 1 aromatic carbocycles. The first-order valence-electron chi connectivity index (χ1n) is 6.37. The molecule has 1 atom stereocenters. The normalized spacial score (nSPS) is 17.8. The first-order valence-corrected chi connectivity index (χ1v) is 6.37. The summed E-state index contributed by atoms with van der Waals surface area (Å²) in [7, 11) is 0. The van der Waals surface area contributed by atoms with Crippen LogP contribution in [-0.4, -0.2) is 5.91 Å². The third-order valence-electron chi connectivity index (χ3n) is 3.44. The number of hydrogen-bond donors (Lipinski definition) is 1. The summed E-state index contributed by atoms with van der Waals surface area (Å²) in [6.07, 6.45) is 4.42. The summed E-state index contributed by atoms with van der Waals surface area (Å²) in [5.41, 5.74) is 1.38. The van der Waals surface area contributed by atoms with E-state index in [9.17, 15) is 9.18 Å². The molecule has 1 aliphatic rings. The molecule has 4 heteroatoms. The van der Waals surface area contributed by atoms with E-state index in [1.54, 1.807) is 12.3 Å². The van der Waals surface area contributed by atoms with Crippen molar-refractivity contribution in [2.45, 2.75) is 25.3 Å². The van der Waals surface area contributed by atoms with Gasteiger partial charge in [0.05, 0.1) is 12.3 Å². The number of halogens is 1. The van der Waals surface area contributed by atoms with Gasteiger partial charge in [-0.2, -0.15) is 0 Å². The summed E-state index contributed by atoms with van der Waals surface area (Å²) in [6.45, 7) is 0. The van der Waals surface area contributed by atoms with E-state index in [0.717, 1.165) is 30.6 Å². The quantitative estimate of drug-likeness (QED) is 0.899. The number of carbonyl (C=O) groups is 1. The van der Waals surface area contributed by atoms with Gasteiger partial charge >= 0.3 is 0 Å². The van der Waals surface area contributed by atoms with E-state index in [4.69, 9.17) is 4.42 Å². The van der Waals surface area contributed by atoms with Crippen molar-refractivity contribution in [2.24, 2.45) is 0 Å². The Morgan fingerprint density at radius 1 is 1.37 bits per heavy atom. The van der Waals surface area contributed by atoms with Gasteiger partial charge in [0.25, 0.3) is 5.91 Å². The van der Waals surface area contributed by atoms with E-state index in [2.05, 4.69) is 5.32 Å². The van der Waals surface area contributed by atoms with Gasteiger partial charge in [0, 0.05) is 17.5 Å². The third kappa shape index (κ3) is 2.38. The van der Waals surface area contributed by atoms with Crippen molar-refractivity contribution in [3.63, 3.8) is 0 Å². The van der Waals surface area contributed by atoms with E-state index >= 15 is 0 Å². The first kappa shape index (κ1) is 12.0. The minimum atomic E-state index is -0.403. The number of amides is 1. The van der Waals surface area contributed by atoms with Crippen molar-refractivity contribution in [1.82, 2.24) is 5.32 Å². The third-order valence-corrected chi connectivity index (χ3v) is 3.44. The van der Waals surface area contributed by atoms with Crippen LogP contribution in [0.25, 0.3) is 0 Å². The lowest BCUT2D eigenvalue weighted by molar-refractivity contribution is 0.0932. The molecule has 1 amide bonds. The van der Waals surface area contributed by atoms with Crippen LogP contribution in [0.4, 0.5) is 4.39 Å². The van der Waals surface area contributed by atoms with Crippen LogP contribution in [-0.2, 0) is 6.42 Å². The molecule has 0 radical (unpaired) electrons. The number of rotatable bonds is 2. The fourth-order valence-corrected chi connectivity index (χ4v) is 2.51. The lowest BCUT2D eigenvalue weighted by Gasteiger charge is -2.22. The summed E-state index contributed by atoms with van der Waals surface area (Å²) in [5.74, 6) is 0.287. The Bertz CT molecular complexity index is 606. The summed E-state index contributed by atoms with van der Waals surface area (Å²) in [4.78, 5) is 12.1. The summed E-state index contributed by atoms with van der Waals surface area (Å²) < 4.78 is 18.5. The fraction of sp³-hybridized carbons (Fsp3) is 0.267. The summed E-state index contributed by atoms with van der Waals surface area (Å²) in [5, 5.41) is 2.94. The molecule has 2 aromatic rings. The molecule has 1 unspecified atom stereocenters. The lowest BCUT2D eigenvalue weighted by Crippen LogP contribution is -2.30. The van der Waals surface area contributed by atoms with Gasteiger partial charge in [-0.15, -0.1) is 0 Å². The molecular formula is C15H14FNO2. The van der Waals surface area contributed by atoms with Crippen LogP contribution in [0.1, 0.15) is 40.6 Å². The minimum Gasteiger partial charge on any atom is -0.469 e.